The first-order chi connectivity index (χ1) is 13.7. The zero-order chi connectivity index (χ0) is 19.8. The third-order valence-corrected chi connectivity index (χ3v) is 4.65. The highest BCUT2D eigenvalue weighted by Gasteiger charge is 2.16. The second kappa shape index (κ2) is 9.67. The Hall–Kier alpha value is -3.18. The first-order valence-corrected chi connectivity index (χ1v) is 9.39. The van der Waals surface area contributed by atoms with E-state index in [2.05, 4.69) is 34.5 Å². The minimum atomic E-state index is -0.399. The molecule has 0 saturated carbocycles. The number of ether oxygens (including phenoxy) is 1. The van der Waals surface area contributed by atoms with E-state index in [9.17, 15) is 4.79 Å². The zero-order valence-electron chi connectivity index (χ0n) is 15.7. The Balaban J connectivity index is 1.83. The second-order valence-electron chi connectivity index (χ2n) is 6.29. The highest BCUT2D eigenvalue weighted by molar-refractivity contribution is 7.80. The summed E-state index contributed by atoms with van der Waals surface area (Å²) in [6.07, 6.45) is 0. The van der Waals surface area contributed by atoms with Crippen molar-refractivity contribution in [2.75, 3.05) is 12.4 Å². The van der Waals surface area contributed by atoms with Crippen LogP contribution in [0.3, 0.4) is 0 Å². The fraction of sp³-hybridized carbons (Fsp3) is 0.130. The molecule has 0 aliphatic heterocycles. The van der Waals surface area contributed by atoms with Crippen LogP contribution in [0.5, 0.6) is 0 Å². The Bertz CT molecular complexity index is 888. The number of nitrogens with one attached hydrogen (secondary N) is 1. The number of nitrogens with zero attached hydrogens (tertiary/aromatic N) is 1. The third-order valence-electron chi connectivity index (χ3n) is 4.29. The van der Waals surface area contributed by atoms with Crippen LogP contribution in [0.15, 0.2) is 84.9 Å². The molecule has 4 nitrogen and oxygen atoms in total. The Morgan fingerprint density at radius 3 is 1.89 bits per heavy atom. The monoisotopic (exact) mass is 390 g/mol. The van der Waals surface area contributed by atoms with Gasteiger partial charge in [0.2, 0.25) is 0 Å². The number of hydrogen-bond acceptors (Lipinski definition) is 3. The molecule has 0 aliphatic carbocycles. The van der Waals surface area contributed by atoms with Crippen molar-refractivity contribution in [3.05, 3.63) is 102 Å². The van der Waals surface area contributed by atoms with Gasteiger partial charge >= 0.3 is 5.97 Å². The van der Waals surface area contributed by atoms with E-state index in [0.717, 1.165) is 11.1 Å². The number of esters is 1. The van der Waals surface area contributed by atoms with Crippen molar-refractivity contribution in [2.45, 2.75) is 13.1 Å². The summed E-state index contributed by atoms with van der Waals surface area (Å²) >= 11 is 5.70. The molecule has 3 aromatic rings. The van der Waals surface area contributed by atoms with E-state index in [4.69, 9.17) is 17.0 Å². The summed E-state index contributed by atoms with van der Waals surface area (Å²) in [4.78, 5) is 14.1. The Morgan fingerprint density at radius 1 is 0.857 bits per heavy atom. The number of hydrogen-bond donors (Lipinski definition) is 1. The molecular weight excluding hydrogens is 368 g/mol. The molecule has 0 amide bonds. The summed E-state index contributed by atoms with van der Waals surface area (Å²) in [5, 5.41) is 3.77. The van der Waals surface area contributed by atoms with E-state index in [-0.39, 0.29) is 0 Å². The van der Waals surface area contributed by atoms with Crippen molar-refractivity contribution < 1.29 is 9.53 Å². The Labute approximate surface area is 170 Å². The molecule has 0 saturated heterocycles. The third kappa shape index (κ3) is 5.18. The lowest BCUT2D eigenvalue weighted by Gasteiger charge is -2.27. The molecule has 5 heteroatoms. The molecule has 142 valence electrons. The van der Waals surface area contributed by atoms with Crippen LogP contribution in [-0.4, -0.2) is 23.1 Å². The molecule has 0 aliphatic rings. The summed E-state index contributed by atoms with van der Waals surface area (Å²) in [6, 6.07) is 27.5. The summed E-state index contributed by atoms with van der Waals surface area (Å²) in [7, 11) is 1.37. The lowest BCUT2D eigenvalue weighted by Crippen LogP contribution is -2.34. The molecule has 0 bridgehead atoms. The molecule has 0 spiro atoms. The first-order valence-electron chi connectivity index (χ1n) is 8.98. The number of anilines is 1. The SMILES string of the molecule is COC(=O)c1ccccc1NC(=S)N(Cc1ccccc1)Cc1ccccc1. The largest absolute Gasteiger partial charge is 0.465 e. The highest BCUT2D eigenvalue weighted by Crippen LogP contribution is 2.18. The number of carbonyl (C=O) groups is 1. The van der Waals surface area contributed by atoms with E-state index in [0.29, 0.717) is 29.5 Å². The van der Waals surface area contributed by atoms with E-state index in [1.807, 2.05) is 48.5 Å². The average Bonchev–Trinajstić information content (AvgIpc) is 2.74. The minimum absolute atomic E-state index is 0.399. The smallest absolute Gasteiger partial charge is 0.339 e. The number of thiocarbonyl (C=S) groups is 1. The first kappa shape index (κ1) is 19.6. The maximum absolute atomic E-state index is 12.0. The minimum Gasteiger partial charge on any atom is -0.465 e. The van der Waals surface area contributed by atoms with Crippen LogP contribution in [0.25, 0.3) is 0 Å². The van der Waals surface area contributed by atoms with Gasteiger partial charge in [-0.25, -0.2) is 4.79 Å². The van der Waals surface area contributed by atoms with Crippen molar-refractivity contribution in [3.8, 4) is 0 Å². The summed E-state index contributed by atoms with van der Waals surface area (Å²) < 4.78 is 4.87. The molecule has 0 fully saturated rings. The molecule has 3 aromatic carbocycles. The molecule has 1 N–H and O–H groups in total. The molecule has 0 radical (unpaired) electrons. The Morgan fingerprint density at radius 2 is 1.36 bits per heavy atom. The summed E-state index contributed by atoms with van der Waals surface area (Å²) in [5.74, 6) is -0.399. The summed E-state index contributed by atoms with van der Waals surface area (Å²) in [6.45, 7) is 1.31. The molecule has 0 aromatic heterocycles. The van der Waals surface area contributed by atoms with Gasteiger partial charge in [0, 0.05) is 13.1 Å². The predicted molar refractivity (Wildman–Crippen MR) is 116 cm³/mol. The maximum atomic E-state index is 12.0. The van der Waals surface area contributed by atoms with E-state index in [1.54, 1.807) is 12.1 Å². The van der Waals surface area contributed by atoms with Crippen LogP contribution < -0.4 is 5.32 Å². The number of methoxy groups -OCH3 is 1. The second-order valence-corrected chi connectivity index (χ2v) is 6.68. The van der Waals surface area contributed by atoms with Gasteiger partial charge in [-0.3, -0.25) is 0 Å². The fourth-order valence-corrected chi connectivity index (χ4v) is 3.12. The molecule has 0 heterocycles. The average molecular weight is 391 g/mol. The van der Waals surface area contributed by atoms with Gasteiger partial charge in [-0.1, -0.05) is 72.8 Å². The van der Waals surface area contributed by atoms with Gasteiger partial charge in [-0.05, 0) is 35.5 Å². The predicted octanol–water partition coefficient (Wildman–Crippen LogP) is 4.87. The van der Waals surface area contributed by atoms with E-state index in [1.165, 1.54) is 7.11 Å². The number of benzene rings is 3. The highest BCUT2D eigenvalue weighted by atomic mass is 32.1. The molecule has 3 rings (SSSR count). The molecule has 0 atom stereocenters. The van der Waals surface area contributed by atoms with Crippen molar-refractivity contribution in [1.82, 2.24) is 4.90 Å². The van der Waals surface area contributed by atoms with Gasteiger partial charge < -0.3 is 15.0 Å². The molecule has 0 unspecified atom stereocenters. The molecular formula is C23H22N2O2S. The van der Waals surface area contributed by atoms with Crippen LogP contribution in [0.4, 0.5) is 5.69 Å². The maximum Gasteiger partial charge on any atom is 0.339 e. The topological polar surface area (TPSA) is 41.6 Å². The number of rotatable bonds is 6. The van der Waals surface area contributed by atoms with Gasteiger partial charge in [0.25, 0.3) is 0 Å². The van der Waals surface area contributed by atoms with Crippen molar-refractivity contribution in [1.29, 1.82) is 0 Å². The van der Waals surface area contributed by atoms with E-state index < -0.39 is 5.97 Å². The van der Waals surface area contributed by atoms with Crippen molar-refractivity contribution in [2.24, 2.45) is 0 Å². The van der Waals surface area contributed by atoms with Crippen molar-refractivity contribution >= 4 is 29.0 Å². The van der Waals surface area contributed by atoms with Gasteiger partial charge in [0.05, 0.1) is 18.4 Å². The standard InChI is InChI=1S/C23H22N2O2S/c1-27-22(26)20-14-8-9-15-21(20)24-23(28)25(16-18-10-4-2-5-11-18)17-19-12-6-3-7-13-19/h2-15H,16-17H2,1H3,(H,24,28). The summed E-state index contributed by atoms with van der Waals surface area (Å²) in [5.41, 5.74) is 3.39. The van der Waals surface area contributed by atoms with Crippen LogP contribution >= 0.6 is 12.2 Å². The van der Waals surface area contributed by atoms with Gasteiger partial charge in [-0.15, -0.1) is 0 Å². The fourth-order valence-electron chi connectivity index (χ4n) is 2.88. The lowest BCUT2D eigenvalue weighted by molar-refractivity contribution is 0.0602. The van der Waals surface area contributed by atoms with Crippen LogP contribution in [0, 0.1) is 0 Å². The van der Waals surface area contributed by atoms with Gasteiger partial charge in [0.1, 0.15) is 0 Å². The Kier molecular flexibility index (Phi) is 6.76. The van der Waals surface area contributed by atoms with Gasteiger partial charge in [-0.2, -0.15) is 0 Å². The number of para-hydroxylation sites is 1. The number of carbonyl (C=O) groups excluding carboxylic acids is 1. The zero-order valence-corrected chi connectivity index (χ0v) is 16.5. The van der Waals surface area contributed by atoms with Crippen LogP contribution in [-0.2, 0) is 17.8 Å². The van der Waals surface area contributed by atoms with Crippen LogP contribution in [0.2, 0.25) is 0 Å². The quantitative estimate of drug-likeness (QED) is 0.480. The van der Waals surface area contributed by atoms with E-state index >= 15 is 0 Å². The molecule has 28 heavy (non-hydrogen) atoms. The van der Waals surface area contributed by atoms with Gasteiger partial charge in [0.15, 0.2) is 5.11 Å². The van der Waals surface area contributed by atoms with Crippen LogP contribution in [0.1, 0.15) is 21.5 Å². The normalized spacial score (nSPS) is 10.2. The lowest BCUT2D eigenvalue weighted by atomic mass is 10.1. The van der Waals surface area contributed by atoms with Crippen molar-refractivity contribution in [3.63, 3.8) is 0 Å².